The molecule has 0 aliphatic carbocycles. The van der Waals surface area contributed by atoms with E-state index in [0.29, 0.717) is 28.6 Å². The van der Waals surface area contributed by atoms with Crippen molar-refractivity contribution in [1.29, 1.82) is 0 Å². The second-order valence-electron chi connectivity index (χ2n) is 7.16. The lowest BCUT2D eigenvalue weighted by Gasteiger charge is -2.34. The first-order chi connectivity index (χ1) is 13.8. The van der Waals surface area contributed by atoms with E-state index in [1.165, 1.54) is 0 Å². The summed E-state index contributed by atoms with van der Waals surface area (Å²) in [6.07, 6.45) is 1.80. The molecule has 0 saturated carbocycles. The molecule has 2 unspecified atom stereocenters. The van der Waals surface area contributed by atoms with Gasteiger partial charge in [-0.2, -0.15) is 0 Å². The zero-order valence-electron chi connectivity index (χ0n) is 16.4. The fourth-order valence-electron chi connectivity index (χ4n) is 3.41. The van der Waals surface area contributed by atoms with Crippen molar-refractivity contribution in [2.24, 2.45) is 0 Å². The standard InChI is InChI=1S/C20H24ClN3O4S/c1-13-10-23(11-14(2)28-13)12-18(25)22-7-8-24-19(26)17(29-20(24)27)9-15-5-3-4-6-16(15)21/h3-6,9,13-14H,7-8,10-12H2,1-2H3,(H,22,25)/b17-9-. The lowest BCUT2D eigenvalue weighted by atomic mass is 10.2. The first-order valence-electron chi connectivity index (χ1n) is 9.48. The number of hydrogen-bond donors (Lipinski definition) is 1. The summed E-state index contributed by atoms with van der Waals surface area (Å²) in [5.74, 6) is -0.505. The molecule has 7 nitrogen and oxygen atoms in total. The summed E-state index contributed by atoms with van der Waals surface area (Å²) in [6, 6.07) is 7.12. The Balaban J connectivity index is 1.49. The summed E-state index contributed by atoms with van der Waals surface area (Å²) in [5, 5.41) is 2.95. The molecule has 1 aromatic carbocycles. The van der Waals surface area contributed by atoms with Crippen LogP contribution in [0.25, 0.3) is 6.08 Å². The summed E-state index contributed by atoms with van der Waals surface area (Å²) in [7, 11) is 0. The summed E-state index contributed by atoms with van der Waals surface area (Å²) in [6.45, 7) is 5.98. The van der Waals surface area contributed by atoms with Gasteiger partial charge in [0.2, 0.25) is 5.91 Å². The molecule has 0 aromatic heterocycles. The van der Waals surface area contributed by atoms with Crippen molar-refractivity contribution < 1.29 is 19.1 Å². The third-order valence-corrected chi connectivity index (χ3v) is 5.84. The van der Waals surface area contributed by atoms with E-state index in [1.54, 1.807) is 24.3 Å². The summed E-state index contributed by atoms with van der Waals surface area (Å²) < 4.78 is 5.66. The third-order valence-electron chi connectivity index (χ3n) is 4.59. The van der Waals surface area contributed by atoms with E-state index in [2.05, 4.69) is 5.32 Å². The van der Waals surface area contributed by atoms with Crippen LogP contribution >= 0.6 is 23.4 Å². The number of nitrogens with zero attached hydrogens (tertiary/aromatic N) is 2. The van der Waals surface area contributed by atoms with Gasteiger partial charge >= 0.3 is 0 Å². The number of rotatable bonds is 6. The van der Waals surface area contributed by atoms with Gasteiger partial charge in [-0.25, -0.2) is 0 Å². The van der Waals surface area contributed by atoms with E-state index in [0.717, 1.165) is 16.7 Å². The maximum Gasteiger partial charge on any atom is 0.293 e. The highest BCUT2D eigenvalue weighted by atomic mass is 35.5. The molecule has 1 N–H and O–H groups in total. The molecule has 2 saturated heterocycles. The van der Waals surface area contributed by atoms with Crippen LogP contribution in [-0.2, 0) is 14.3 Å². The SMILES string of the molecule is CC1CN(CC(=O)NCCN2C(=O)S/C(=C\c3ccccc3Cl)C2=O)CC(C)O1. The number of imide groups is 1. The fraction of sp³-hybridized carbons (Fsp3) is 0.450. The van der Waals surface area contributed by atoms with Crippen LogP contribution in [0.1, 0.15) is 19.4 Å². The number of benzene rings is 1. The molecule has 2 fully saturated rings. The van der Waals surface area contributed by atoms with E-state index < -0.39 is 0 Å². The predicted molar refractivity (Wildman–Crippen MR) is 114 cm³/mol. The van der Waals surface area contributed by atoms with Gasteiger partial charge in [0.05, 0.1) is 23.7 Å². The normalized spacial score (nSPS) is 24.4. The summed E-state index contributed by atoms with van der Waals surface area (Å²) in [5.41, 5.74) is 0.682. The molecule has 156 valence electrons. The summed E-state index contributed by atoms with van der Waals surface area (Å²) in [4.78, 5) is 40.4. The largest absolute Gasteiger partial charge is 0.373 e. The smallest absolute Gasteiger partial charge is 0.293 e. The summed E-state index contributed by atoms with van der Waals surface area (Å²) >= 11 is 6.99. The van der Waals surface area contributed by atoms with E-state index in [9.17, 15) is 14.4 Å². The molecule has 0 radical (unpaired) electrons. The van der Waals surface area contributed by atoms with Crippen molar-refractivity contribution in [3.8, 4) is 0 Å². The lowest BCUT2D eigenvalue weighted by molar-refractivity contribution is -0.127. The van der Waals surface area contributed by atoms with Crippen molar-refractivity contribution in [1.82, 2.24) is 15.1 Å². The van der Waals surface area contributed by atoms with Crippen LogP contribution in [0.2, 0.25) is 5.02 Å². The first kappa shape index (κ1) is 21.8. The Morgan fingerprint density at radius 2 is 1.97 bits per heavy atom. The first-order valence-corrected chi connectivity index (χ1v) is 10.7. The van der Waals surface area contributed by atoms with Gasteiger partial charge in [0.25, 0.3) is 11.1 Å². The molecular weight excluding hydrogens is 414 g/mol. The number of carbonyl (C=O) groups excluding carboxylic acids is 3. The molecule has 0 bridgehead atoms. The van der Waals surface area contributed by atoms with Gasteiger partial charge in [-0.3, -0.25) is 24.2 Å². The molecule has 9 heteroatoms. The number of ether oxygens (including phenoxy) is 1. The number of amides is 3. The minimum atomic E-state index is -0.370. The van der Waals surface area contributed by atoms with Gasteiger partial charge in [-0.1, -0.05) is 29.8 Å². The molecule has 1 aromatic rings. The zero-order chi connectivity index (χ0) is 21.0. The van der Waals surface area contributed by atoms with Crippen LogP contribution in [0.5, 0.6) is 0 Å². The van der Waals surface area contributed by atoms with Crippen molar-refractivity contribution in [3.05, 3.63) is 39.8 Å². The monoisotopic (exact) mass is 437 g/mol. The van der Waals surface area contributed by atoms with Gasteiger partial charge in [-0.05, 0) is 43.3 Å². The molecule has 3 rings (SSSR count). The maximum atomic E-state index is 12.5. The Morgan fingerprint density at radius 3 is 2.66 bits per heavy atom. The van der Waals surface area contributed by atoms with Crippen LogP contribution < -0.4 is 5.32 Å². The van der Waals surface area contributed by atoms with Crippen molar-refractivity contribution in [2.75, 3.05) is 32.7 Å². The van der Waals surface area contributed by atoms with Gasteiger partial charge in [-0.15, -0.1) is 0 Å². The predicted octanol–water partition coefficient (Wildman–Crippen LogP) is 2.60. The molecule has 2 aliphatic rings. The second kappa shape index (κ2) is 9.75. The van der Waals surface area contributed by atoms with Crippen LogP contribution in [0.3, 0.4) is 0 Å². The average molecular weight is 438 g/mol. The third kappa shape index (κ3) is 5.82. The number of nitrogens with one attached hydrogen (secondary N) is 1. The molecule has 0 spiro atoms. The topological polar surface area (TPSA) is 79.0 Å². The zero-order valence-corrected chi connectivity index (χ0v) is 18.0. The second-order valence-corrected chi connectivity index (χ2v) is 8.56. The molecule has 2 atom stereocenters. The molecule has 2 heterocycles. The Morgan fingerprint density at radius 1 is 1.28 bits per heavy atom. The van der Waals surface area contributed by atoms with E-state index >= 15 is 0 Å². The van der Waals surface area contributed by atoms with Crippen LogP contribution in [0, 0.1) is 0 Å². The Labute approximate surface area is 179 Å². The van der Waals surface area contributed by atoms with Crippen molar-refractivity contribution >= 4 is 46.5 Å². The highest BCUT2D eigenvalue weighted by Gasteiger charge is 2.34. The van der Waals surface area contributed by atoms with Gasteiger partial charge in [0, 0.05) is 31.2 Å². The Hall–Kier alpha value is -1.87. The van der Waals surface area contributed by atoms with Crippen LogP contribution in [0.4, 0.5) is 4.79 Å². The number of hydrogen-bond acceptors (Lipinski definition) is 6. The van der Waals surface area contributed by atoms with Crippen molar-refractivity contribution in [2.45, 2.75) is 26.1 Å². The maximum absolute atomic E-state index is 12.5. The molecule has 2 aliphatic heterocycles. The fourth-order valence-corrected chi connectivity index (χ4v) is 4.45. The quantitative estimate of drug-likeness (QED) is 0.689. The minimum Gasteiger partial charge on any atom is -0.373 e. The number of morpholine rings is 1. The van der Waals surface area contributed by atoms with Crippen molar-refractivity contribution in [3.63, 3.8) is 0 Å². The number of carbonyl (C=O) groups is 3. The Kier molecular flexibility index (Phi) is 7.34. The van der Waals surface area contributed by atoms with E-state index in [1.807, 2.05) is 24.8 Å². The average Bonchev–Trinajstić information content (AvgIpc) is 2.90. The minimum absolute atomic E-state index is 0.0896. The Bertz CT molecular complexity index is 822. The highest BCUT2D eigenvalue weighted by molar-refractivity contribution is 8.18. The van der Waals surface area contributed by atoms with Crippen LogP contribution in [-0.4, -0.2) is 71.8 Å². The van der Waals surface area contributed by atoms with E-state index in [-0.39, 0.29) is 48.9 Å². The molecular formula is C20H24ClN3O4S. The number of thioether (sulfide) groups is 1. The lowest BCUT2D eigenvalue weighted by Crippen LogP contribution is -2.49. The van der Waals surface area contributed by atoms with E-state index in [4.69, 9.17) is 16.3 Å². The number of halogens is 1. The molecule has 29 heavy (non-hydrogen) atoms. The highest BCUT2D eigenvalue weighted by Crippen LogP contribution is 2.33. The van der Waals surface area contributed by atoms with Gasteiger partial charge in [0.1, 0.15) is 0 Å². The van der Waals surface area contributed by atoms with Crippen LogP contribution in [0.15, 0.2) is 29.2 Å². The van der Waals surface area contributed by atoms with Gasteiger partial charge < -0.3 is 10.1 Å². The molecule has 3 amide bonds. The van der Waals surface area contributed by atoms with Gasteiger partial charge in [0.15, 0.2) is 0 Å².